The van der Waals surface area contributed by atoms with Gasteiger partial charge >= 0.3 is 0 Å². The van der Waals surface area contributed by atoms with E-state index in [4.69, 9.17) is 4.98 Å². The maximum absolute atomic E-state index is 14.5. The second-order valence-corrected chi connectivity index (χ2v) is 11.4. The molecule has 0 saturated heterocycles. The van der Waals surface area contributed by atoms with Crippen molar-refractivity contribution in [2.24, 2.45) is 0 Å². The first kappa shape index (κ1) is 24.7. The summed E-state index contributed by atoms with van der Waals surface area (Å²) in [5, 5.41) is 3.49. The Morgan fingerprint density at radius 1 is 0.947 bits per heavy atom. The first-order valence-electron chi connectivity index (χ1n) is 13.3. The Labute approximate surface area is 227 Å². The lowest BCUT2D eigenvalue weighted by molar-refractivity contribution is -0.113. The molecule has 6 heteroatoms. The van der Waals surface area contributed by atoms with E-state index in [0.717, 1.165) is 65.9 Å². The van der Waals surface area contributed by atoms with Crippen LogP contribution in [0.5, 0.6) is 0 Å². The number of nitrogens with zero attached hydrogens (tertiary/aromatic N) is 2. The number of anilines is 1. The minimum absolute atomic E-state index is 0.00113. The van der Waals surface area contributed by atoms with Crippen LogP contribution in [0.4, 0.5) is 5.69 Å². The second kappa shape index (κ2) is 10.3. The summed E-state index contributed by atoms with van der Waals surface area (Å²) in [7, 11) is 0. The minimum Gasteiger partial charge on any atom is -0.325 e. The Morgan fingerprint density at radius 3 is 2.42 bits per heavy atom. The van der Waals surface area contributed by atoms with E-state index in [1.54, 1.807) is 4.57 Å². The molecule has 1 fully saturated rings. The van der Waals surface area contributed by atoms with Crippen LogP contribution in [0.2, 0.25) is 0 Å². The summed E-state index contributed by atoms with van der Waals surface area (Å²) in [6.07, 6.45) is 6.36. The molecule has 0 radical (unpaired) electrons. The number of thioether (sulfide) groups is 1. The zero-order chi connectivity index (χ0) is 26.1. The van der Waals surface area contributed by atoms with E-state index in [9.17, 15) is 9.59 Å². The fourth-order valence-electron chi connectivity index (χ4n) is 6.06. The smallest absolute Gasteiger partial charge is 0.263 e. The first-order chi connectivity index (χ1) is 18.5. The lowest BCUT2D eigenvalue weighted by Crippen LogP contribution is -2.43. The SMILES string of the molecule is Cc1ccc(-n2c(SCC(=O)Nc3ccccc3)nc3c(c2=O)C2(CCCCC2)Cc2ccccc2-3)cc1. The Balaban J connectivity index is 1.48. The number of hydrogen-bond acceptors (Lipinski definition) is 4. The summed E-state index contributed by atoms with van der Waals surface area (Å²) < 4.78 is 1.74. The van der Waals surface area contributed by atoms with Gasteiger partial charge in [0.2, 0.25) is 5.91 Å². The number of aryl methyl sites for hydroxylation is 1. The van der Waals surface area contributed by atoms with Gasteiger partial charge in [-0.2, -0.15) is 0 Å². The van der Waals surface area contributed by atoms with Crippen molar-refractivity contribution < 1.29 is 4.79 Å². The molecular weight excluding hydrogens is 490 g/mol. The Morgan fingerprint density at radius 2 is 1.66 bits per heavy atom. The van der Waals surface area contributed by atoms with E-state index in [0.29, 0.717) is 5.16 Å². The summed E-state index contributed by atoms with van der Waals surface area (Å²) in [4.78, 5) is 32.6. The zero-order valence-corrected chi connectivity index (χ0v) is 22.4. The van der Waals surface area contributed by atoms with Gasteiger partial charge in [0.1, 0.15) is 0 Å². The molecule has 5 nitrogen and oxygen atoms in total. The van der Waals surface area contributed by atoms with Gasteiger partial charge in [-0.05, 0) is 56.0 Å². The van der Waals surface area contributed by atoms with E-state index < -0.39 is 0 Å². The van der Waals surface area contributed by atoms with Crippen molar-refractivity contribution in [1.82, 2.24) is 9.55 Å². The van der Waals surface area contributed by atoms with Gasteiger partial charge in [0, 0.05) is 16.7 Å². The predicted octanol–water partition coefficient (Wildman–Crippen LogP) is 6.70. The summed E-state index contributed by atoms with van der Waals surface area (Å²) in [6.45, 7) is 2.04. The molecule has 1 N–H and O–H groups in total. The summed E-state index contributed by atoms with van der Waals surface area (Å²) in [5.74, 6) is 0.0199. The number of nitrogens with one attached hydrogen (secondary N) is 1. The van der Waals surface area contributed by atoms with Crippen LogP contribution < -0.4 is 10.9 Å². The topological polar surface area (TPSA) is 64.0 Å². The van der Waals surface area contributed by atoms with Gasteiger partial charge in [0.05, 0.1) is 22.7 Å². The van der Waals surface area contributed by atoms with Gasteiger partial charge in [-0.25, -0.2) is 4.98 Å². The number of para-hydroxylation sites is 1. The average molecular weight is 522 g/mol. The van der Waals surface area contributed by atoms with Crippen molar-refractivity contribution >= 4 is 23.4 Å². The van der Waals surface area contributed by atoms with Gasteiger partial charge in [-0.1, -0.05) is 91.2 Å². The summed E-state index contributed by atoms with van der Waals surface area (Å²) >= 11 is 1.31. The maximum atomic E-state index is 14.5. The van der Waals surface area contributed by atoms with Crippen molar-refractivity contribution in [3.63, 3.8) is 0 Å². The molecule has 0 unspecified atom stereocenters. The highest BCUT2D eigenvalue weighted by Crippen LogP contribution is 2.49. The fraction of sp³-hybridized carbons (Fsp3) is 0.281. The van der Waals surface area contributed by atoms with Crippen LogP contribution in [0.3, 0.4) is 0 Å². The van der Waals surface area contributed by atoms with Crippen molar-refractivity contribution in [2.45, 2.75) is 56.0 Å². The molecule has 0 bridgehead atoms. The molecule has 38 heavy (non-hydrogen) atoms. The third kappa shape index (κ3) is 4.58. The lowest BCUT2D eigenvalue weighted by Gasteiger charge is -2.42. The Hall–Kier alpha value is -3.64. The molecule has 0 aliphatic heterocycles. The van der Waals surface area contributed by atoms with Gasteiger partial charge in [-0.15, -0.1) is 0 Å². The molecule has 1 heterocycles. The number of aromatic nitrogens is 2. The van der Waals surface area contributed by atoms with Crippen LogP contribution in [-0.2, 0) is 16.6 Å². The van der Waals surface area contributed by atoms with Gasteiger partial charge in [-0.3, -0.25) is 14.2 Å². The number of fused-ring (bicyclic) bond motifs is 4. The van der Waals surface area contributed by atoms with E-state index in [1.165, 1.54) is 23.7 Å². The predicted molar refractivity (Wildman–Crippen MR) is 154 cm³/mol. The molecule has 1 amide bonds. The number of benzene rings is 3. The van der Waals surface area contributed by atoms with Crippen LogP contribution in [0.25, 0.3) is 16.9 Å². The van der Waals surface area contributed by atoms with Gasteiger partial charge in [0.15, 0.2) is 5.16 Å². The summed E-state index contributed by atoms with van der Waals surface area (Å²) in [5.41, 5.74) is 6.44. The van der Waals surface area contributed by atoms with Crippen molar-refractivity contribution in [1.29, 1.82) is 0 Å². The molecule has 0 atom stereocenters. The average Bonchev–Trinajstić information content (AvgIpc) is 2.93. The normalized spacial score (nSPS) is 15.5. The standard InChI is InChI=1S/C32H31N3O2S/c1-22-14-16-25(17-15-22)35-30(37)28-29(34-31(35)38-21-27(36)33-24-11-4-2-5-12-24)26-13-7-6-10-23(26)20-32(28)18-8-3-9-19-32/h2,4-7,10-17H,3,8-9,18-21H2,1H3,(H,33,36). The number of carbonyl (C=O) groups excluding carboxylic acids is 1. The Bertz CT molecular complexity index is 1540. The largest absolute Gasteiger partial charge is 0.325 e. The van der Waals surface area contributed by atoms with E-state index in [-0.39, 0.29) is 22.6 Å². The van der Waals surface area contributed by atoms with Gasteiger partial charge in [0.25, 0.3) is 5.56 Å². The maximum Gasteiger partial charge on any atom is 0.263 e. The van der Waals surface area contributed by atoms with E-state index in [2.05, 4.69) is 23.5 Å². The third-order valence-electron chi connectivity index (χ3n) is 7.88. The number of amides is 1. The highest BCUT2D eigenvalue weighted by molar-refractivity contribution is 7.99. The van der Waals surface area contributed by atoms with Crippen LogP contribution in [-0.4, -0.2) is 21.2 Å². The van der Waals surface area contributed by atoms with Crippen molar-refractivity contribution in [2.75, 3.05) is 11.1 Å². The first-order valence-corrected chi connectivity index (χ1v) is 14.3. The van der Waals surface area contributed by atoms with Crippen LogP contribution >= 0.6 is 11.8 Å². The molecule has 1 saturated carbocycles. The molecule has 1 aromatic heterocycles. The van der Waals surface area contributed by atoms with Gasteiger partial charge < -0.3 is 5.32 Å². The minimum atomic E-state index is -0.188. The molecule has 4 aromatic rings. The van der Waals surface area contributed by atoms with Crippen LogP contribution in [0, 0.1) is 6.92 Å². The monoisotopic (exact) mass is 521 g/mol. The van der Waals surface area contributed by atoms with Crippen molar-refractivity contribution in [3.8, 4) is 16.9 Å². The van der Waals surface area contributed by atoms with E-state index in [1.807, 2.05) is 67.6 Å². The highest BCUT2D eigenvalue weighted by atomic mass is 32.2. The fourth-order valence-corrected chi connectivity index (χ4v) is 6.86. The molecule has 192 valence electrons. The van der Waals surface area contributed by atoms with Crippen LogP contribution in [0.1, 0.15) is 48.8 Å². The molecule has 2 aliphatic carbocycles. The molecular formula is C32H31N3O2S. The number of carbonyl (C=O) groups is 1. The summed E-state index contributed by atoms with van der Waals surface area (Å²) in [6, 6.07) is 25.8. The zero-order valence-electron chi connectivity index (χ0n) is 21.6. The van der Waals surface area contributed by atoms with Crippen molar-refractivity contribution in [3.05, 3.63) is 106 Å². The molecule has 2 aliphatic rings. The number of rotatable bonds is 5. The second-order valence-electron chi connectivity index (χ2n) is 10.5. The van der Waals surface area contributed by atoms with E-state index >= 15 is 0 Å². The molecule has 1 spiro atoms. The molecule has 3 aromatic carbocycles. The quantitative estimate of drug-likeness (QED) is 0.235. The highest BCUT2D eigenvalue weighted by Gasteiger charge is 2.43. The number of hydrogen-bond donors (Lipinski definition) is 1. The van der Waals surface area contributed by atoms with Crippen LogP contribution in [0.15, 0.2) is 88.8 Å². The Kier molecular flexibility index (Phi) is 6.66. The lowest BCUT2D eigenvalue weighted by atomic mass is 9.62. The third-order valence-corrected chi connectivity index (χ3v) is 8.82. The molecule has 6 rings (SSSR count).